The van der Waals surface area contributed by atoms with Crippen molar-refractivity contribution in [2.75, 3.05) is 0 Å². The van der Waals surface area contributed by atoms with Gasteiger partial charge in [-0.2, -0.15) is 0 Å². The van der Waals surface area contributed by atoms with E-state index < -0.39 is 0 Å². The van der Waals surface area contributed by atoms with Gasteiger partial charge in [0.15, 0.2) is 12.1 Å². The third-order valence-electron chi connectivity index (χ3n) is 1.09. The van der Waals surface area contributed by atoms with Crippen LogP contribution >= 0.6 is 0 Å². The number of carbonyl (C=O) groups excluding carboxylic acids is 1. The molecule has 0 aliphatic rings. The van der Waals surface area contributed by atoms with Gasteiger partial charge in [0.25, 0.3) is 0 Å². The molecule has 9 heavy (non-hydrogen) atoms. The molecule has 0 atom stereocenters. The number of aromatic nitrogens is 3. The number of aldehydes is 1. The average molecular weight is 125 g/mol. The van der Waals surface area contributed by atoms with Crippen molar-refractivity contribution in [1.29, 1.82) is 0 Å². The second-order valence-corrected chi connectivity index (χ2v) is 1.59. The SMILES string of the molecule is CCn1cnnc1C=O. The molecule has 0 saturated heterocycles. The minimum atomic E-state index is 0.387. The van der Waals surface area contributed by atoms with E-state index >= 15 is 0 Å². The van der Waals surface area contributed by atoms with Gasteiger partial charge in [0.2, 0.25) is 0 Å². The van der Waals surface area contributed by atoms with Crippen LogP contribution in [0.2, 0.25) is 0 Å². The molecule has 0 bridgehead atoms. The molecule has 0 amide bonds. The second-order valence-electron chi connectivity index (χ2n) is 1.59. The van der Waals surface area contributed by atoms with Crippen LogP contribution in [0, 0.1) is 0 Å². The summed E-state index contributed by atoms with van der Waals surface area (Å²) in [6, 6.07) is 0. The molecular weight excluding hydrogens is 118 g/mol. The first kappa shape index (κ1) is 5.94. The number of aryl methyl sites for hydroxylation is 1. The van der Waals surface area contributed by atoms with Crippen LogP contribution in [0.4, 0.5) is 0 Å². The van der Waals surface area contributed by atoms with Crippen molar-refractivity contribution >= 4 is 6.29 Å². The Hall–Kier alpha value is -1.19. The Labute approximate surface area is 52.5 Å². The summed E-state index contributed by atoms with van der Waals surface area (Å²) in [5, 5.41) is 7.10. The van der Waals surface area contributed by atoms with Crippen LogP contribution in [0.3, 0.4) is 0 Å². The lowest BCUT2D eigenvalue weighted by molar-refractivity contribution is 0.111. The van der Waals surface area contributed by atoms with Gasteiger partial charge in [0, 0.05) is 6.54 Å². The van der Waals surface area contributed by atoms with Gasteiger partial charge in [-0.1, -0.05) is 0 Å². The largest absolute Gasteiger partial charge is 0.312 e. The first-order valence-electron chi connectivity index (χ1n) is 2.71. The summed E-state index contributed by atoms with van der Waals surface area (Å²) in [4.78, 5) is 10.1. The zero-order chi connectivity index (χ0) is 6.69. The Morgan fingerprint density at radius 1 is 1.89 bits per heavy atom. The molecule has 0 N–H and O–H groups in total. The molecule has 0 fully saturated rings. The van der Waals surface area contributed by atoms with E-state index in [0.29, 0.717) is 12.1 Å². The highest BCUT2D eigenvalue weighted by molar-refractivity contribution is 5.68. The maximum absolute atomic E-state index is 10.1. The number of carbonyl (C=O) groups is 1. The van der Waals surface area contributed by atoms with E-state index in [0.717, 1.165) is 6.54 Å². The van der Waals surface area contributed by atoms with E-state index in [9.17, 15) is 4.79 Å². The Kier molecular flexibility index (Phi) is 1.58. The molecule has 0 saturated carbocycles. The molecule has 0 radical (unpaired) electrons. The maximum atomic E-state index is 10.1. The third-order valence-corrected chi connectivity index (χ3v) is 1.09. The Morgan fingerprint density at radius 3 is 3.11 bits per heavy atom. The second kappa shape index (κ2) is 2.39. The van der Waals surface area contributed by atoms with Gasteiger partial charge < -0.3 is 4.57 Å². The molecule has 4 heteroatoms. The lowest BCUT2D eigenvalue weighted by atomic mass is 10.6. The van der Waals surface area contributed by atoms with Crippen LogP contribution in [0.1, 0.15) is 17.5 Å². The Morgan fingerprint density at radius 2 is 2.67 bits per heavy atom. The summed E-state index contributed by atoms with van der Waals surface area (Å²) in [5.41, 5.74) is 0. The quantitative estimate of drug-likeness (QED) is 0.527. The topological polar surface area (TPSA) is 47.8 Å². The number of rotatable bonds is 2. The fraction of sp³-hybridized carbons (Fsp3) is 0.400. The molecule has 1 heterocycles. The molecule has 4 nitrogen and oxygen atoms in total. The molecule has 1 aromatic heterocycles. The summed E-state index contributed by atoms with van der Waals surface area (Å²) in [7, 11) is 0. The molecule has 0 aromatic carbocycles. The van der Waals surface area contributed by atoms with Gasteiger partial charge in [-0.25, -0.2) is 0 Å². The lowest BCUT2D eigenvalue weighted by Gasteiger charge is -1.92. The Balaban J connectivity index is 2.98. The van der Waals surface area contributed by atoms with Crippen LogP contribution in [-0.2, 0) is 6.54 Å². The third kappa shape index (κ3) is 0.960. The average Bonchev–Trinajstić information content (AvgIpc) is 2.33. The molecule has 0 aliphatic heterocycles. The van der Waals surface area contributed by atoms with E-state index in [2.05, 4.69) is 10.2 Å². The highest BCUT2D eigenvalue weighted by Gasteiger charge is 1.96. The number of nitrogens with zero attached hydrogens (tertiary/aromatic N) is 3. The van der Waals surface area contributed by atoms with Crippen molar-refractivity contribution in [3.8, 4) is 0 Å². The van der Waals surface area contributed by atoms with Crippen LogP contribution < -0.4 is 0 Å². The minimum absolute atomic E-state index is 0.387. The van der Waals surface area contributed by atoms with Crippen molar-refractivity contribution < 1.29 is 4.79 Å². The molecule has 0 unspecified atom stereocenters. The lowest BCUT2D eigenvalue weighted by Crippen LogP contribution is -1.98. The van der Waals surface area contributed by atoms with E-state index in [1.54, 1.807) is 4.57 Å². The first-order valence-corrected chi connectivity index (χ1v) is 2.71. The van der Waals surface area contributed by atoms with Crippen LogP contribution in [0.15, 0.2) is 6.33 Å². The summed E-state index contributed by atoms with van der Waals surface area (Å²) in [5.74, 6) is 0.387. The predicted molar refractivity (Wildman–Crippen MR) is 31.1 cm³/mol. The minimum Gasteiger partial charge on any atom is -0.312 e. The van der Waals surface area contributed by atoms with Gasteiger partial charge >= 0.3 is 0 Å². The van der Waals surface area contributed by atoms with Gasteiger partial charge in [-0.05, 0) is 6.92 Å². The first-order chi connectivity index (χ1) is 4.38. The van der Waals surface area contributed by atoms with Gasteiger partial charge in [-0.3, -0.25) is 4.79 Å². The molecule has 0 spiro atoms. The molecule has 1 aromatic rings. The van der Waals surface area contributed by atoms with Crippen LogP contribution in [0.5, 0.6) is 0 Å². The number of hydrogen-bond donors (Lipinski definition) is 0. The monoisotopic (exact) mass is 125 g/mol. The summed E-state index contributed by atoms with van der Waals surface area (Å²) in [6.45, 7) is 2.66. The highest BCUT2D eigenvalue weighted by Crippen LogP contribution is 1.88. The van der Waals surface area contributed by atoms with Gasteiger partial charge in [-0.15, -0.1) is 10.2 Å². The summed E-state index contributed by atoms with van der Waals surface area (Å²) < 4.78 is 1.67. The van der Waals surface area contributed by atoms with Crippen molar-refractivity contribution in [2.24, 2.45) is 0 Å². The van der Waals surface area contributed by atoms with Gasteiger partial charge in [0.1, 0.15) is 6.33 Å². The van der Waals surface area contributed by atoms with E-state index in [4.69, 9.17) is 0 Å². The van der Waals surface area contributed by atoms with Crippen molar-refractivity contribution in [1.82, 2.24) is 14.8 Å². The van der Waals surface area contributed by atoms with Gasteiger partial charge in [0.05, 0.1) is 0 Å². The van der Waals surface area contributed by atoms with Crippen LogP contribution in [0.25, 0.3) is 0 Å². The molecule has 48 valence electrons. The fourth-order valence-electron chi connectivity index (χ4n) is 0.599. The van der Waals surface area contributed by atoms with E-state index in [-0.39, 0.29) is 0 Å². The molecule has 1 rings (SSSR count). The van der Waals surface area contributed by atoms with E-state index in [1.807, 2.05) is 6.92 Å². The Bertz CT molecular complexity index is 206. The highest BCUT2D eigenvalue weighted by atomic mass is 16.1. The maximum Gasteiger partial charge on any atom is 0.196 e. The zero-order valence-corrected chi connectivity index (χ0v) is 5.11. The zero-order valence-electron chi connectivity index (χ0n) is 5.11. The standard InChI is InChI=1S/C5H7N3O/c1-2-8-4-6-7-5(8)3-9/h3-4H,2H2,1H3. The summed E-state index contributed by atoms with van der Waals surface area (Å²) in [6.07, 6.45) is 2.22. The van der Waals surface area contributed by atoms with Crippen molar-refractivity contribution in [3.63, 3.8) is 0 Å². The van der Waals surface area contributed by atoms with E-state index in [1.165, 1.54) is 6.33 Å². The smallest absolute Gasteiger partial charge is 0.196 e. The normalized spacial score (nSPS) is 9.44. The molecular formula is C5H7N3O. The number of hydrogen-bond acceptors (Lipinski definition) is 3. The van der Waals surface area contributed by atoms with Crippen molar-refractivity contribution in [2.45, 2.75) is 13.5 Å². The summed E-state index contributed by atoms with van der Waals surface area (Å²) >= 11 is 0. The predicted octanol–water partition coefficient (Wildman–Crippen LogP) is 0.110. The molecule has 0 aliphatic carbocycles. The van der Waals surface area contributed by atoms with Crippen LogP contribution in [-0.4, -0.2) is 21.1 Å². The fourth-order valence-corrected chi connectivity index (χ4v) is 0.599. The van der Waals surface area contributed by atoms with Crippen molar-refractivity contribution in [3.05, 3.63) is 12.2 Å².